The molecule has 0 spiro atoms. The lowest BCUT2D eigenvalue weighted by Crippen LogP contribution is -2.25. The molecule has 3 heteroatoms. The van der Waals surface area contributed by atoms with Gasteiger partial charge in [0.2, 0.25) is 0 Å². The molecule has 1 amide bonds. The number of carbonyl (C=O) groups is 1. The van der Waals surface area contributed by atoms with E-state index < -0.39 is 5.82 Å². The summed E-state index contributed by atoms with van der Waals surface area (Å²) in [4.78, 5) is 11.7. The minimum atomic E-state index is -0.448. The Balaban J connectivity index is 2.42. The lowest BCUT2D eigenvalue weighted by molar-refractivity contribution is 0.0949. The monoisotopic (exact) mass is 237 g/mol. The van der Waals surface area contributed by atoms with Gasteiger partial charge in [-0.2, -0.15) is 0 Å². The van der Waals surface area contributed by atoms with Gasteiger partial charge in [0.1, 0.15) is 5.82 Å². The van der Waals surface area contributed by atoms with Crippen LogP contribution in [0.3, 0.4) is 0 Å². The third kappa shape index (κ3) is 4.55. The second-order valence-corrected chi connectivity index (χ2v) is 4.30. The predicted octanol–water partition coefficient (Wildman–Crippen LogP) is 3.44. The van der Waals surface area contributed by atoms with Gasteiger partial charge in [0, 0.05) is 6.54 Å². The van der Waals surface area contributed by atoms with Crippen LogP contribution in [0.4, 0.5) is 4.39 Å². The normalized spacial score (nSPS) is 10.3. The Bertz CT molecular complexity index is 376. The van der Waals surface area contributed by atoms with Gasteiger partial charge in [-0.3, -0.25) is 4.79 Å². The number of nitrogens with one attached hydrogen (secondary N) is 1. The molecule has 94 valence electrons. The molecule has 0 heterocycles. The molecule has 0 radical (unpaired) electrons. The number of unbranched alkanes of at least 4 members (excludes halogenated alkanes) is 3. The summed E-state index contributed by atoms with van der Waals surface area (Å²) >= 11 is 0. The number of aryl methyl sites for hydroxylation is 1. The van der Waals surface area contributed by atoms with Crippen molar-refractivity contribution in [2.75, 3.05) is 6.54 Å². The molecule has 0 saturated carbocycles. The second kappa shape index (κ2) is 7.05. The zero-order chi connectivity index (χ0) is 12.7. The van der Waals surface area contributed by atoms with E-state index in [4.69, 9.17) is 0 Å². The molecule has 0 saturated heterocycles. The van der Waals surface area contributed by atoms with Crippen LogP contribution in [0.5, 0.6) is 0 Å². The molecule has 0 atom stereocenters. The van der Waals surface area contributed by atoms with Crippen LogP contribution < -0.4 is 5.32 Å². The van der Waals surface area contributed by atoms with E-state index in [0.29, 0.717) is 6.54 Å². The van der Waals surface area contributed by atoms with Crippen molar-refractivity contribution in [2.24, 2.45) is 0 Å². The molecule has 0 bridgehead atoms. The Labute approximate surface area is 102 Å². The zero-order valence-electron chi connectivity index (χ0n) is 10.6. The van der Waals surface area contributed by atoms with Gasteiger partial charge in [-0.05, 0) is 31.0 Å². The number of benzene rings is 1. The van der Waals surface area contributed by atoms with Gasteiger partial charge < -0.3 is 5.32 Å². The molecule has 1 aromatic rings. The summed E-state index contributed by atoms with van der Waals surface area (Å²) in [5, 5.41) is 2.74. The number of halogens is 1. The highest BCUT2D eigenvalue weighted by atomic mass is 19.1. The van der Waals surface area contributed by atoms with Gasteiger partial charge in [0.25, 0.3) is 5.91 Å². The average Bonchev–Trinajstić information content (AvgIpc) is 2.28. The van der Waals surface area contributed by atoms with Crippen LogP contribution in [0, 0.1) is 12.7 Å². The van der Waals surface area contributed by atoms with Crippen molar-refractivity contribution in [3.8, 4) is 0 Å². The zero-order valence-corrected chi connectivity index (χ0v) is 10.6. The molecule has 1 rings (SSSR count). The highest BCUT2D eigenvalue weighted by Crippen LogP contribution is 2.09. The van der Waals surface area contributed by atoms with E-state index in [0.717, 1.165) is 18.4 Å². The van der Waals surface area contributed by atoms with E-state index >= 15 is 0 Å². The Hall–Kier alpha value is -1.38. The maximum absolute atomic E-state index is 13.5. The van der Waals surface area contributed by atoms with Crippen molar-refractivity contribution in [3.05, 3.63) is 35.1 Å². The first-order valence-corrected chi connectivity index (χ1v) is 6.19. The van der Waals surface area contributed by atoms with Gasteiger partial charge in [-0.15, -0.1) is 0 Å². The second-order valence-electron chi connectivity index (χ2n) is 4.30. The van der Waals surface area contributed by atoms with Crippen molar-refractivity contribution < 1.29 is 9.18 Å². The van der Waals surface area contributed by atoms with Crippen molar-refractivity contribution in [2.45, 2.75) is 39.5 Å². The third-order valence-electron chi connectivity index (χ3n) is 2.69. The summed E-state index contributed by atoms with van der Waals surface area (Å²) < 4.78 is 13.5. The predicted molar refractivity (Wildman–Crippen MR) is 67.6 cm³/mol. The molecule has 0 unspecified atom stereocenters. The van der Waals surface area contributed by atoms with Crippen molar-refractivity contribution in [3.63, 3.8) is 0 Å². The van der Waals surface area contributed by atoms with E-state index in [1.54, 1.807) is 13.0 Å². The van der Waals surface area contributed by atoms with Crippen LogP contribution in [0.15, 0.2) is 18.2 Å². The van der Waals surface area contributed by atoms with Crippen LogP contribution in [0.25, 0.3) is 0 Å². The Morgan fingerprint density at radius 1 is 1.29 bits per heavy atom. The van der Waals surface area contributed by atoms with Crippen molar-refractivity contribution in [1.29, 1.82) is 0 Å². The molecule has 0 aromatic heterocycles. The number of amides is 1. The lowest BCUT2D eigenvalue weighted by atomic mass is 10.1. The van der Waals surface area contributed by atoms with E-state index in [1.165, 1.54) is 25.0 Å². The molecule has 2 nitrogen and oxygen atoms in total. The summed E-state index contributed by atoms with van der Waals surface area (Å²) in [6.07, 6.45) is 4.40. The Kier molecular flexibility index (Phi) is 5.67. The Morgan fingerprint density at radius 2 is 2.06 bits per heavy atom. The van der Waals surface area contributed by atoms with Gasteiger partial charge in [-0.1, -0.05) is 32.3 Å². The highest BCUT2D eigenvalue weighted by Gasteiger charge is 2.10. The number of rotatable bonds is 6. The van der Waals surface area contributed by atoms with Crippen LogP contribution in [0.2, 0.25) is 0 Å². The van der Waals surface area contributed by atoms with Gasteiger partial charge in [-0.25, -0.2) is 4.39 Å². The standard InChI is InChI=1S/C14H20FNO/c1-3-4-5-6-9-16-14(17)12-8-7-11(2)10-13(12)15/h7-8,10H,3-6,9H2,1-2H3,(H,16,17). The molecular formula is C14H20FNO. The van der Waals surface area contributed by atoms with Crippen molar-refractivity contribution >= 4 is 5.91 Å². The third-order valence-corrected chi connectivity index (χ3v) is 2.69. The van der Waals surface area contributed by atoms with Crippen molar-refractivity contribution in [1.82, 2.24) is 5.32 Å². The minimum absolute atomic E-state index is 0.131. The molecule has 1 N–H and O–H groups in total. The SMILES string of the molecule is CCCCCCNC(=O)c1ccc(C)cc1F. The summed E-state index contributed by atoms with van der Waals surface area (Å²) in [7, 11) is 0. The molecule has 0 aliphatic rings. The molecular weight excluding hydrogens is 217 g/mol. The fraction of sp³-hybridized carbons (Fsp3) is 0.500. The first kappa shape index (κ1) is 13.7. The smallest absolute Gasteiger partial charge is 0.254 e. The summed E-state index contributed by atoms with van der Waals surface area (Å²) in [6, 6.07) is 4.66. The van der Waals surface area contributed by atoms with Gasteiger partial charge in [0.05, 0.1) is 5.56 Å². The topological polar surface area (TPSA) is 29.1 Å². The van der Waals surface area contributed by atoms with E-state index in [9.17, 15) is 9.18 Å². The number of carbonyl (C=O) groups excluding carboxylic acids is 1. The largest absolute Gasteiger partial charge is 0.352 e. The maximum Gasteiger partial charge on any atom is 0.254 e. The first-order chi connectivity index (χ1) is 8.15. The van der Waals surface area contributed by atoms with Crippen LogP contribution in [-0.4, -0.2) is 12.5 Å². The minimum Gasteiger partial charge on any atom is -0.352 e. The maximum atomic E-state index is 13.5. The quantitative estimate of drug-likeness (QED) is 0.754. The highest BCUT2D eigenvalue weighted by molar-refractivity contribution is 5.94. The molecule has 0 aliphatic heterocycles. The van der Waals surface area contributed by atoms with Gasteiger partial charge in [0.15, 0.2) is 0 Å². The molecule has 0 aliphatic carbocycles. The average molecular weight is 237 g/mol. The summed E-state index contributed by atoms with van der Waals surface area (Å²) in [5.74, 6) is -0.768. The Morgan fingerprint density at radius 3 is 2.71 bits per heavy atom. The fourth-order valence-electron chi connectivity index (χ4n) is 1.65. The van der Waals surface area contributed by atoms with Gasteiger partial charge >= 0.3 is 0 Å². The van der Waals surface area contributed by atoms with E-state index in [2.05, 4.69) is 12.2 Å². The molecule has 0 fully saturated rings. The summed E-state index contributed by atoms with van der Waals surface area (Å²) in [6.45, 7) is 4.56. The number of hydrogen-bond acceptors (Lipinski definition) is 1. The van der Waals surface area contributed by atoms with E-state index in [1.807, 2.05) is 0 Å². The molecule has 1 aromatic carbocycles. The lowest BCUT2D eigenvalue weighted by Gasteiger charge is -2.06. The fourth-order valence-corrected chi connectivity index (χ4v) is 1.65. The molecule has 17 heavy (non-hydrogen) atoms. The van der Waals surface area contributed by atoms with Crippen LogP contribution >= 0.6 is 0 Å². The summed E-state index contributed by atoms with van der Waals surface area (Å²) in [5.41, 5.74) is 0.952. The first-order valence-electron chi connectivity index (χ1n) is 6.19. The number of hydrogen-bond donors (Lipinski definition) is 1. The van der Waals surface area contributed by atoms with Crippen LogP contribution in [-0.2, 0) is 0 Å². The van der Waals surface area contributed by atoms with E-state index in [-0.39, 0.29) is 11.5 Å². The van der Waals surface area contributed by atoms with Crippen LogP contribution in [0.1, 0.15) is 48.5 Å².